The SMILES string of the molecule is CC(N)CCNC(=O)c1cc(NC(=O)C(C)C)ccc1Cl. The van der Waals surface area contributed by atoms with Gasteiger partial charge in [-0.05, 0) is 31.5 Å². The Kier molecular flexibility index (Phi) is 6.65. The molecule has 0 bridgehead atoms. The quantitative estimate of drug-likeness (QED) is 0.754. The van der Waals surface area contributed by atoms with Crippen molar-refractivity contribution < 1.29 is 9.59 Å². The molecule has 1 aromatic rings. The Morgan fingerprint density at radius 2 is 1.95 bits per heavy atom. The van der Waals surface area contributed by atoms with Crippen molar-refractivity contribution in [3.63, 3.8) is 0 Å². The monoisotopic (exact) mass is 311 g/mol. The van der Waals surface area contributed by atoms with Crippen molar-refractivity contribution in [3.8, 4) is 0 Å². The van der Waals surface area contributed by atoms with Crippen LogP contribution in [0.3, 0.4) is 0 Å². The summed E-state index contributed by atoms with van der Waals surface area (Å²) in [6, 6.07) is 4.86. The summed E-state index contributed by atoms with van der Waals surface area (Å²) in [5.41, 5.74) is 6.52. The predicted molar refractivity (Wildman–Crippen MR) is 85.5 cm³/mol. The molecule has 116 valence electrons. The zero-order valence-electron chi connectivity index (χ0n) is 12.6. The molecule has 0 aliphatic carbocycles. The van der Waals surface area contributed by atoms with Gasteiger partial charge < -0.3 is 16.4 Å². The van der Waals surface area contributed by atoms with Crippen molar-refractivity contribution in [2.45, 2.75) is 33.2 Å². The molecule has 0 radical (unpaired) electrons. The molecule has 0 spiro atoms. The Morgan fingerprint density at radius 1 is 1.29 bits per heavy atom. The van der Waals surface area contributed by atoms with Gasteiger partial charge in [0.1, 0.15) is 0 Å². The first-order valence-electron chi connectivity index (χ1n) is 6.95. The van der Waals surface area contributed by atoms with Crippen LogP contribution in [0.5, 0.6) is 0 Å². The lowest BCUT2D eigenvalue weighted by atomic mass is 10.1. The normalized spacial score (nSPS) is 12.1. The third kappa shape index (κ3) is 5.73. The maximum absolute atomic E-state index is 12.1. The lowest BCUT2D eigenvalue weighted by Crippen LogP contribution is -2.29. The van der Waals surface area contributed by atoms with Gasteiger partial charge in [-0.25, -0.2) is 0 Å². The van der Waals surface area contributed by atoms with E-state index in [1.807, 2.05) is 6.92 Å². The first kappa shape index (κ1) is 17.5. The van der Waals surface area contributed by atoms with Crippen LogP contribution in [-0.2, 0) is 4.79 Å². The van der Waals surface area contributed by atoms with Crippen LogP contribution in [-0.4, -0.2) is 24.4 Å². The van der Waals surface area contributed by atoms with Gasteiger partial charge in [-0.1, -0.05) is 25.4 Å². The molecular weight excluding hydrogens is 290 g/mol. The van der Waals surface area contributed by atoms with Gasteiger partial charge in [-0.3, -0.25) is 9.59 Å². The number of nitrogens with one attached hydrogen (secondary N) is 2. The second-order valence-corrected chi connectivity index (χ2v) is 5.77. The fourth-order valence-corrected chi connectivity index (χ4v) is 1.78. The van der Waals surface area contributed by atoms with E-state index >= 15 is 0 Å². The standard InChI is InChI=1S/C15H22ClN3O2/c1-9(2)14(20)19-11-4-5-13(16)12(8-11)15(21)18-7-6-10(3)17/h4-5,8-10H,6-7,17H2,1-3H3,(H,18,21)(H,19,20). The van der Waals surface area contributed by atoms with Gasteiger partial charge in [0.25, 0.3) is 5.91 Å². The summed E-state index contributed by atoms with van der Waals surface area (Å²) < 4.78 is 0. The topological polar surface area (TPSA) is 84.2 Å². The van der Waals surface area contributed by atoms with Crippen LogP contribution in [0.25, 0.3) is 0 Å². The van der Waals surface area contributed by atoms with Crippen LogP contribution in [0.15, 0.2) is 18.2 Å². The van der Waals surface area contributed by atoms with Crippen molar-refractivity contribution in [2.24, 2.45) is 11.7 Å². The molecule has 0 saturated carbocycles. The first-order chi connectivity index (χ1) is 9.81. The number of amides is 2. The highest BCUT2D eigenvalue weighted by Crippen LogP contribution is 2.21. The predicted octanol–water partition coefficient (Wildman–Crippen LogP) is 2.40. The van der Waals surface area contributed by atoms with Crippen LogP contribution < -0.4 is 16.4 Å². The Balaban J connectivity index is 2.77. The van der Waals surface area contributed by atoms with E-state index in [0.29, 0.717) is 29.2 Å². The van der Waals surface area contributed by atoms with Crippen molar-refractivity contribution >= 4 is 29.1 Å². The Morgan fingerprint density at radius 3 is 2.52 bits per heavy atom. The summed E-state index contributed by atoms with van der Waals surface area (Å²) in [7, 11) is 0. The molecule has 1 rings (SSSR count). The molecule has 1 unspecified atom stereocenters. The van der Waals surface area contributed by atoms with Gasteiger partial charge in [0.2, 0.25) is 5.91 Å². The second kappa shape index (κ2) is 8.00. The molecule has 0 fully saturated rings. The molecule has 0 aliphatic heterocycles. The zero-order valence-corrected chi connectivity index (χ0v) is 13.3. The molecule has 0 aliphatic rings. The smallest absolute Gasteiger partial charge is 0.252 e. The maximum Gasteiger partial charge on any atom is 0.252 e. The van der Waals surface area contributed by atoms with Crippen molar-refractivity contribution in [1.82, 2.24) is 5.32 Å². The van der Waals surface area contributed by atoms with E-state index in [1.54, 1.807) is 32.0 Å². The van der Waals surface area contributed by atoms with Crippen molar-refractivity contribution in [1.29, 1.82) is 0 Å². The molecule has 0 saturated heterocycles. The first-order valence-corrected chi connectivity index (χ1v) is 7.33. The molecular formula is C15H22ClN3O2. The van der Waals surface area contributed by atoms with Crippen LogP contribution in [0.4, 0.5) is 5.69 Å². The Bertz CT molecular complexity index is 516. The fourth-order valence-electron chi connectivity index (χ4n) is 1.57. The highest BCUT2D eigenvalue weighted by atomic mass is 35.5. The van der Waals surface area contributed by atoms with Gasteiger partial charge in [0.05, 0.1) is 10.6 Å². The average Bonchev–Trinajstić information content (AvgIpc) is 2.40. The Labute approximate surface area is 130 Å². The van der Waals surface area contributed by atoms with Gasteiger partial charge in [-0.2, -0.15) is 0 Å². The zero-order chi connectivity index (χ0) is 16.0. The van der Waals surface area contributed by atoms with E-state index in [9.17, 15) is 9.59 Å². The number of anilines is 1. The summed E-state index contributed by atoms with van der Waals surface area (Å²) in [6.07, 6.45) is 0.688. The molecule has 21 heavy (non-hydrogen) atoms. The number of nitrogens with two attached hydrogens (primary N) is 1. The van der Waals surface area contributed by atoms with Crippen LogP contribution in [0.1, 0.15) is 37.6 Å². The molecule has 0 heterocycles. The minimum atomic E-state index is -0.277. The van der Waals surface area contributed by atoms with E-state index in [-0.39, 0.29) is 23.8 Å². The van der Waals surface area contributed by atoms with E-state index in [0.717, 1.165) is 0 Å². The lowest BCUT2D eigenvalue weighted by Gasteiger charge is -2.11. The van der Waals surface area contributed by atoms with E-state index in [4.69, 9.17) is 17.3 Å². The van der Waals surface area contributed by atoms with E-state index in [2.05, 4.69) is 10.6 Å². The largest absolute Gasteiger partial charge is 0.352 e. The molecule has 0 aromatic heterocycles. The number of carbonyl (C=O) groups excluding carboxylic acids is 2. The molecule has 1 aromatic carbocycles. The fraction of sp³-hybridized carbons (Fsp3) is 0.467. The van der Waals surface area contributed by atoms with Gasteiger partial charge in [0, 0.05) is 24.2 Å². The maximum atomic E-state index is 12.1. The van der Waals surface area contributed by atoms with Crippen LogP contribution >= 0.6 is 11.6 Å². The summed E-state index contributed by atoms with van der Waals surface area (Å²) in [5, 5.41) is 5.84. The number of benzene rings is 1. The summed E-state index contributed by atoms with van der Waals surface area (Å²) >= 11 is 6.03. The number of carbonyl (C=O) groups is 2. The average molecular weight is 312 g/mol. The van der Waals surface area contributed by atoms with Crippen LogP contribution in [0, 0.1) is 5.92 Å². The van der Waals surface area contributed by atoms with Crippen LogP contribution in [0.2, 0.25) is 5.02 Å². The number of hydrogen-bond donors (Lipinski definition) is 3. The molecule has 5 nitrogen and oxygen atoms in total. The summed E-state index contributed by atoms with van der Waals surface area (Å²) in [4.78, 5) is 23.7. The van der Waals surface area contributed by atoms with Gasteiger partial charge >= 0.3 is 0 Å². The van der Waals surface area contributed by atoms with E-state index < -0.39 is 0 Å². The van der Waals surface area contributed by atoms with E-state index in [1.165, 1.54) is 0 Å². The van der Waals surface area contributed by atoms with Crippen molar-refractivity contribution in [3.05, 3.63) is 28.8 Å². The minimum Gasteiger partial charge on any atom is -0.352 e. The van der Waals surface area contributed by atoms with Gasteiger partial charge in [0.15, 0.2) is 0 Å². The number of halogens is 1. The third-order valence-corrected chi connectivity index (χ3v) is 3.22. The summed E-state index contributed by atoms with van der Waals surface area (Å²) in [5.74, 6) is -0.522. The van der Waals surface area contributed by atoms with Gasteiger partial charge in [-0.15, -0.1) is 0 Å². The highest BCUT2D eigenvalue weighted by Gasteiger charge is 2.13. The number of rotatable bonds is 6. The third-order valence-electron chi connectivity index (χ3n) is 2.89. The number of hydrogen-bond acceptors (Lipinski definition) is 3. The Hall–Kier alpha value is -1.59. The second-order valence-electron chi connectivity index (χ2n) is 5.36. The lowest BCUT2D eigenvalue weighted by molar-refractivity contribution is -0.118. The molecule has 4 N–H and O–H groups in total. The summed E-state index contributed by atoms with van der Waals surface area (Å²) in [6.45, 7) is 5.95. The minimum absolute atomic E-state index is 0.0254. The molecule has 1 atom stereocenters. The highest BCUT2D eigenvalue weighted by molar-refractivity contribution is 6.34. The molecule has 6 heteroatoms. The molecule has 2 amide bonds. The van der Waals surface area contributed by atoms with Crippen molar-refractivity contribution in [2.75, 3.05) is 11.9 Å².